The fraction of sp³-hybridized carbons (Fsp3) is 0.909. The van der Waals surface area contributed by atoms with Crippen LogP contribution in [0, 0.1) is 29.6 Å². The average molecular weight is 164 g/mol. The second kappa shape index (κ2) is 2.34. The minimum absolute atomic E-state index is 0.434. The van der Waals surface area contributed by atoms with Gasteiger partial charge in [-0.05, 0) is 55.8 Å². The third-order valence-corrected chi connectivity index (χ3v) is 4.62. The lowest BCUT2D eigenvalue weighted by Gasteiger charge is -2.23. The van der Waals surface area contributed by atoms with Crippen molar-refractivity contribution < 1.29 is 4.79 Å². The topological polar surface area (TPSA) is 17.1 Å². The Morgan fingerprint density at radius 3 is 2.00 bits per heavy atom. The van der Waals surface area contributed by atoms with Crippen LogP contribution >= 0.6 is 0 Å². The molecule has 2 bridgehead atoms. The van der Waals surface area contributed by atoms with E-state index in [-0.39, 0.29) is 0 Å². The third-order valence-electron chi connectivity index (χ3n) is 4.62. The number of carbonyl (C=O) groups excluding carboxylic acids is 1. The van der Waals surface area contributed by atoms with Gasteiger partial charge in [-0.15, -0.1) is 0 Å². The molecule has 1 heteroatoms. The van der Waals surface area contributed by atoms with Gasteiger partial charge in [0.05, 0.1) is 0 Å². The highest BCUT2D eigenvalue weighted by Crippen LogP contribution is 2.59. The molecule has 3 aliphatic rings. The van der Waals surface area contributed by atoms with Gasteiger partial charge in [0.2, 0.25) is 0 Å². The maximum Gasteiger partial charge on any atom is 0.123 e. The van der Waals surface area contributed by atoms with E-state index < -0.39 is 0 Å². The Hall–Kier alpha value is -0.330. The van der Waals surface area contributed by atoms with Gasteiger partial charge < -0.3 is 4.79 Å². The van der Waals surface area contributed by atoms with E-state index in [4.69, 9.17) is 0 Å². The van der Waals surface area contributed by atoms with E-state index >= 15 is 0 Å². The first-order chi connectivity index (χ1) is 5.88. The van der Waals surface area contributed by atoms with Gasteiger partial charge in [0, 0.05) is 5.92 Å². The molecule has 0 radical (unpaired) electrons. The van der Waals surface area contributed by atoms with E-state index in [0.717, 1.165) is 23.7 Å². The van der Waals surface area contributed by atoms with Crippen molar-refractivity contribution in [2.75, 3.05) is 0 Å². The second-order valence-electron chi connectivity index (χ2n) is 5.03. The van der Waals surface area contributed by atoms with Crippen molar-refractivity contribution in [2.45, 2.75) is 32.1 Å². The van der Waals surface area contributed by atoms with E-state index in [9.17, 15) is 4.79 Å². The van der Waals surface area contributed by atoms with Gasteiger partial charge in [-0.3, -0.25) is 0 Å². The maximum absolute atomic E-state index is 10.7. The van der Waals surface area contributed by atoms with Crippen LogP contribution in [-0.2, 0) is 4.79 Å². The van der Waals surface area contributed by atoms with E-state index in [0.29, 0.717) is 5.92 Å². The van der Waals surface area contributed by atoms with Crippen molar-refractivity contribution >= 4 is 6.29 Å². The van der Waals surface area contributed by atoms with Crippen LogP contribution in [0.2, 0.25) is 0 Å². The molecule has 12 heavy (non-hydrogen) atoms. The van der Waals surface area contributed by atoms with Gasteiger partial charge in [0.25, 0.3) is 0 Å². The lowest BCUT2D eigenvalue weighted by atomic mass is 9.82. The van der Waals surface area contributed by atoms with Crippen LogP contribution < -0.4 is 0 Å². The standard InChI is InChI=1S/C11H16O/c12-6-7-3-10-8-1-2-9(5-8)11(10)4-7/h6-11H,1-5H2/t7?,8-,9+,10-,11-/m0/s1. The first kappa shape index (κ1) is 7.11. The van der Waals surface area contributed by atoms with Gasteiger partial charge >= 0.3 is 0 Å². The number of carbonyl (C=O) groups is 1. The molecule has 1 nitrogen and oxygen atoms in total. The van der Waals surface area contributed by atoms with Gasteiger partial charge in [0.15, 0.2) is 0 Å². The Morgan fingerprint density at radius 2 is 1.50 bits per heavy atom. The summed E-state index contributed by atoms with van der Waals surface area (Å²) in [6.07, 6.45) is 8.11. The Balaban J connectivity index is 1.82. The molecule has 1 unspecified atom stereocenters. The molecule has 3 aliphatic carbocycles. The molecule has 0 aliphatic heterocycles. The molecule has 0 aromatic rings. The first-order valence-electron chi connectivity index (χ1n) is 5.34. The highest BCUT2D eigenvalue weighted by atomic mass is 16.1. The normalized spacial score (nSPS) is 55.8. The molecular formula is C11H16O. The third kappa shape index (κ3) is 0.773. The molecule has 0 N–H and O–H groups in total. The summed E-state index contributed by atoms with van der Waals surface area (Å²) in [4.78, 5) is 10.7. The smallest absolute Gasteiger partial charge is 0.123 e. The van der Waals surface area contributed by atoms with Gasteiger partial charge in [-0.1, -0.05) is 0 Å². The molecule has 3 saturated carbocycles. The first-order valence-corrected chi connectivity index (χ1v) is 5.34. The molecule has 0 heterocycles. The molecule has 0 spiro atoms. The van der Waals surface area contributed by atoms with Crippen LogP contribution in [0.4, 0.5) is 0 Å². The Labute approximate surface area is 73.5 Å². The molecule has 0 saturated heterocycles. The number of fused-ring (bicyclic) bond motifs is 5. The Kier molecular flexibility index (Phi) is 1.38. The second-order valence-corrected chi connectivity index (χ2v) is 5.03. The van der Waals surface area contributed by atoms with Crippen LogP contribution in [0.3, 0.4) is 0 Å². The predicted octanol–water partition coefficient (Wildman–Crippen LogP) is 2.26. The molecule has 0 amide bonds. The predicted molar refractivity (Wildman–Crippen MR) is 46.6 cm³/mol. The van der Waals surface area contributed by atoms with Gasteiger partial charge in [-0.25, -0.2) is 0 Å². The van der Waals surface area contributed by atoms with Crippen LogP contribution in [0.15, 0.2) is 0 Å². The highest BCUT2D eigenvalue weighted by Gasteiger charge is 2.51. The summed E-state index contributed by atoms with van der Waals surface area (Å²) in [6.45, 7) is 0. The molecule has 3 rings (SSSR count). The average Bonchev–Trinajstić information content (AvgIpc) is 2.75. The lowest BCUT2D eigenvalue weighted by Crippen LogP contribution is -2.15. The van der Waals surface area contributed by atoms with Crippen molar-refractivity contribution in [3.63, 3.8) is 0 Å². The lowest BCUT2D eigenvalue weighted by molar-refractivity contribution is -0.111. The summed E-state index contributed by atoms with van der Waals surface area (Å²) < 4.78 is 0. The summed E-state index contributed by atoms with van der Waals surface area (Å²) in [7, 11) is 0. The quantitative estimate of drug-likeness (QED) is 0.543. The van der Waals surface area contributed by atoms with Crippen LogP contribution in [-0.4, -0.2) is 6.29 Å². The molecule has 66 valence electrons. The maximum atomic E-state index is 10.7. The zero-order valence-electron chi connectivity index (χ0n) is 7.41. The van der Waals surface area contributed by atoms with Crippen molar-refractivity contribution in [2.24, 2.45) is 29.6 Å². The van der Waals surface area contributed by atoms with E-state index in [1.807, 2.05) is 0 Å². The van der Waals surface area contributed by atoms with Crippen LogP contribution in [0.5, 0.6) is 0 Å². The summed E-state index contributed by atoms with van der Waals surface area (Å²) in [5.74, 6) is 4.39. The van der Waals surface area contributed by atoms with Crippen LogP contribution in [0.1, 0.15) is 32.1 Å². The fourth-order valence-corrected chi connectivity index (χ4v) is 4.17. The Bertz CT molecular complexity index is 193. The largest absolute Gasteiger partial charge is 0.303 e. The molecule has 5 atom stereocenters. The van der Waals surface area contributed by atoms with E-state index in [2.05, 4.69) is 0 Å². The van der Waals surface area contributed by atoms with E-state index in [1.54, 1.807) is 0 Å². The Morgan fingerprint density at radius 1 is 0.917 bits per heavy atom. The summed E-state index contributed by atoms with van der Waals surface area (Å²) in [6, 6.07) is 0. The zero-order chi connectivity index (χ0) is 8.13. The molecule has 3 fully saturated rings. The number of hydrogen-bond acceptors (Lipinski definition) is 1. The summed E-state index contributed by atoms with van der Waals surface area (Å²) >= 11 is 0. The van der Waals surface area contributed by atoms with Crippen LogP contribution in [0.25, 0.3) is 0 Å². The van der Waals surface area contributed by atoms with Crippen molar-refractivity contribution in [1.82, 2.24) is 0 Å². The van der Waals surface area contributed by atoms with E-state index in [1.165, 1.54) is 38.4 Å². The van der Waals surface area contributed by atoms with Gasteiger partial charge in [-0.2, -0.15) is 0 Å². The minimum atomic E-state index is 0.434. The molecule has 0 aromatic heterocycles. The number of hydrogen-bond donors (Lipinski definition) is 0. The van der Waals surface area contributed by atoms with Gasteiger partial charge in [0.1, 0.15) is 6.29 Å². The molecular weight excluding hydrogens is 148 g/mol. The van der Waals surface area contributed by atoms with Crippen molar-refractivity contribution in [3.05, 3.63) is 0 Å². The fourth-order valence-electron chi connectivity index (χ4n) is 4.17. The number of aldehydes is 1. The monoisotopic (exact) mass is 164 g/mol. The highest BCUT2D eigenvalue weighted by molar-refractivity contribution is 5.54. The number of rotatable bonds is 1. The SMILES string of the molecule is O=CC1C[C@H]2[C@@H]3CC[C@@H](C3)[C@@H]2C1. The molecule has 0 aromatic carbocycles. The van der Waals surface area contributed by atoms with Crippen molar-refractivity contribution in [1.29, 1.82) is 0 Å². The van der Waals surface area contributed by atoms with Crippen molar-refractivity contribution in [3.8, 4) is 0 Å². The summed E-state index contributed by atoms with van der Waals surface area (Å²) in [5.41, 5.74) is 0. The zero-order valence-corrected chi connectivity index (χ0v) is 7.41. The minimum Gasteiger partial charge on any atom is -0.303 e. The summed E-state index contributed by atoms with van der Waals surface area (Å²) in [5, 5.41) is 0.